The van der Waals surface area contributed by atoms with Gasteiger partial charge in [-0.15, -0.1) is 6.58 Å². The van der Waals surface area contributed by atoms with E-state index >= 15 is 0 Å². The Morgan fingerprint density at radius 2 is 1.93 bits per heavy atom. The number of nitrogens with one attached hydrogen (secondary N) is 2. The normalized spacial score (nSPS) is 10.5. The molecule has 0 saturated carbocycles. The van der Waals surface area contributed by atoms with Crippen LogP contribution >= 0.6 is 0 Å². The summed E-state index contributed by atoms with van der Waals surface area (Å²) in [5.74, 6) is 0.249. The number of pyridine rings is 1. The standard InChI is InChI=1S/C21H22N4O3/c1-3-12-22-20(26)18-16-9-6-7-14-25(16)19(24-18)21(27)23-13-11-15-8-4-5-10-17(15)28-2/h3-10,14H,1,11-13H2,2H3,(H,22,26)(H,23,27). The summed E-state index contributed by atoms with van der Waals surface area (Å²) in [6.07, 6.45) is 3.91. The molecule has 0 fully saturated rings. The van der Waals surface area contributed by atoms with Crippen LogP contribution < -0.4 is 15.4 Å². The molecule has 144 valence electrons. The van der Waals surface area contributed by atoms with Crippen LogP contribution in [0, 0.1) is 0 Å². The highest BCUT2D eigenvalue weighted by atomic mass is 16.5. The number of hydrogen-bond donors (Lipinski definition) is 2. The molecule has 0 spiro atoms. The zero-order valence-corrected chi connectivity index (χ0v) is 15.6. The maximum absolute atomic E-state index is 12.7. The van der Waals surface area contributed by atoms with Gasteiger partial charge in [-0.25, -0.2) is 4.98 Å². The molecule has 2 aromatic heterocycles. The fourth-order valence-corrected chi connectivity index (χ4v) is 2.91. The molecule has 0 aliphatic rings. The number of ether oxygens (including phenoxy) is 1. The first-order valence-electron chi connectivity index (χ1n) is 8.92. The van der Waals surface area contributed by atoms with Crippen molar-refractivity contribution in [2.45, 2.75) is 6.42 Å². The lowest BCUT2D eigenvalue weighted by atomic mass is 10.1. The highest BCUT2D eigenvalue weighted by Gasteiger charge is 2.20. The van der Waals surface area contributed by atoms with Crippen LogP contribution in [-0.4, -0.2) is 41.4 Å². The van der Waals surface area contributed by atoms with E-state index in [4.69, 9.17) is 4.74 Å². The molecule has 7 nitrogen and oxygen atoms in total. The number of carbonyl (C=O) groups is 2. The third-order valence-corrected chi connectivity index (χ3v) is 4.25. The summed E-state index contributed by atoms with van der Waals surface area (Å²) >= 11 is 0. The zero-order valence-electron chi connectivity index (χ0n) is 15.6. The first-order valence-corrected chi connectivity index (χ1v) is 8.92. The largest absolute Gasteiger partial charge is 0.496 e. The van der Waals surface area contributed by atoms with Gasteiger partial charge in [0.1, 0.15) is 5.75 Å². The van der Waals surface area contributed by atoms with Crippen LogP contribution in [0.5, 0.6) is 5.75 Å². The van der Waals surface area contributed by atoms with E-state index in [2.05, 4.69) is 22.2 Å². The summed E-state index contributed by atoms with van der Waals surface area (Å²) in [6.45, 7) is 4.32. The van der Waals surface area contributed by atoms with E-state index in [0.717, 1.165) is 11.3 Å². The van der Waals surface area contributed by atoms with Crippen LogP contribution in [0.2, 0.25) is 0 Å². The van der Waals surface area contributed by atoms with Gasteiger partial charge >= 0.3 is 0 Å². The third kappa shape index (κ3) is 4.03. The molecule has 0 bridgehead atoms. The first-order chi connectivity index (χ1) is 13.7. The number of rotatable bonds is 8. The molecule has 0 saturated heterocycles. The molecule has 2 heterocycles. The second-order valence-corrected chi connectivity index (χ2v) is 6.06. The lowest BCUT2D eigenvalue weighted by molar-refractivity contribution is 0.0943. The quantitative estimate of drug-likeness (QED) is 0.589. The predicted molar refractivity (Wildman–Crippen MR) is 107 cm³/mol. The topological polar surface area (TPSA) is 84.7 Å². The molecule has 28 heavy (non-hydrogen) atoms. The van der Waals surface area contributed by atoms with Gasteiger partial charge in [0.25, 0.3) is 11.8 Å². The highest BCUT2D eigenvalue weighted by Crippen LogP contribution is 2.17. The second kappa shape index (κ2) is 8.85. The van der Waals surface area contributed by atoms with Gasteiger partial charge in [0.05, 0.1) is 12.6 Å². The van der Waals surface area contributed by atoms with E-state index in [1.807, 2.05) is 24.3 Å². The fourth-order valence-electron chi connectivity index (χ4n) is 2.91. The Balaban J connectivity index is 1.76. The monoisotopic (exact) mass is 378 g/mol. The molecule has 3 aromatic rings. The average molecular weight is 378 g/mol. The number of amides is 2. The minimum Gasteiger partial charge on any atom is -0.496 e. The van der Waals surface area contributed by atoms with Crippen LogP contribution in [0.15, 0.2) is 61.3 Å². The molecular formula is C21H22N4O3. The van der Waals surface area contributed by atoms with Crippen molar-refractivity contribution in [3.8, 4) is 5.75 Å². The highest BCUT2D eigenvalue weighted by molar-refractivity contribution is 6.02. The van der Waals surface area contributed by atoms with E-state index in [-0.39, 0.29) is 23.3 Å². The minimum atomic E-state index is -0.350. The Kier molecular flexibility index (Phi) is 6.06. The number of fused-ring (bicyclic) bond motifs is 1. The molecule has 0 aliphatic carbocycles. The lowest BCUT2D eigenvalue weighted by Crippen LogP contribution is -2.28. The Hall–Kier alpha value is -3.61. The number of benzene rings is 1. The molecule has 0 atom stereocenters. The predicted octanol–water partition coefficient (Wildman–Crippen LogP) is 2.23. The molecule has 0 unspecified atom stereocenters. The smallest absolute Gasteiger partial charge is 0.287 e. The van der Waals surface area contributed by atoms with Gasteiger partial charge in [-0.3, -0.25) is 14.0 Å². The van der Waals surface area contributed by atoms with E-state index in [1.165, 1.54) is 0 Å². The van der Waals surface area contributed by atoms with Crippen molar-refractivity contribution < 1.29 is 14.3 Å². The summed E-state index contributed by atoms with van der Waals surface area (Å²) in [4.78, 5) is 29.3. The van der Waals surface area contributed by atoms with Crippen LogP contribution in [0.25, 0.3) is 5.52 Å². The average Bonchev–Trinajstić information content (AvgIpc) is 3.12. The summed E-state index contributed by atoms with van der Waals surface area (Å²) in [5, 5.41) is 5.55. The van der Waals surface area contributed by atoms with Crippen molar-refractivity contribution in [1.29, 1.82) is 0 Å². The second-order valence-electron chi connectivity index (χ2n) is 6.06. The Bertz CT molecular complexity index is 1010. The van der Waals surface area contributed by atoms with Crippen LogP contribution in [0.4, 0.5) is 0 Å². The third-order valence-electron chi connectivity index (χ3n) is 4.25. The molecule has 1 aromatic carbocycles. The maximum Gasteiger partial charge on any atom is 0.287 e. The summed E-state index contributed by atoms with van der Waals surface area (Å²) in [6, 6.07) is 13.0. The number of carbonyl (C=O) groups excluding carboxylic acids is 2. The van der Waals surface area contributed by atoms with Crippen LogP contribution in [0.3, 0.4) is 0 Å². The van der Waals surface area contributed by atoms with E-state index in [9.17, 15) is 9.59 Å². The van der Waals surface area contributed by atoms with Crippen molar-refractivity contribution >= 4 is 17.3 Å². The SMILES string of the molecule is C=CCNC(=O)c1nc(C(=O)NCCc2ccccc2OC)n2ccccc12. The number of para-hydroxylation sites is 1. The number of imidazole rings is 1. The number of methoxy groups -OCH3 is 1. The Morgan fingerprint density at radius 3 is 2.71 bits per heavy atom. The maximum atomic E-state index is 12.7. The molecule has 0 radical (unpaired) electrons. The van der Waals surface area contributed by atoms with Crippen LogP contribution in [0.1, 0.15) is 26.7 Å². The molecule has 2 amide bonds. The lowest BCUT2D eigenvalue weighted by Gasteiger charge is -2.08. The van der Waals surface area contributed by atoms with E-state index < -0.39 is 0 Å². The van der Waals surface area contributed by atoms with Crippen molar-refractivity contribution in [1.82, 2.24) is 20.0 Å². The van der Waals surface area contributed by atoms with Crippen molar-refractivity contribution in [2.75, 3.05) is 20.2 Å². The molecule has 0 aliphatic heterocycles. The Labute approximate surface area is 163 Å². The van der Waals surface area contributed by atoms with Gasteiger partial charge in [-0.05, 0) is 30.2 Å². The zero-order chi connectivity index (χ0) is 19.9. The van der Waals surface area contributed by atoms with Gasteiger partial charge in [0.2, 0.25) is 5.82 Å². The van der Waals surface area contributed by atoms with Crippen molar-refractivity contribution in [3.05, 3.63) is 78.4 Å². The Morgan fingerprint density at radius 1 is 1.14 bits per heavy atom. The van der Waals surface area contributed by atoms with Gasteiger partial charge < -0.3 is 15.4 Å². The number of aromatic nitrogens is 2. The van der Waals surface area contributed by atoms with E-state index in [1.54, 1.807) is 42.0 Å². The molecular weight excluding hydrogens is 356 g/mol. The summed E-state index contributed by atoms with van der Waals surface area (Å²) in [7, 11) is 1.62. The van der Waals surface area contributed by atoms with Crippen molar-refractivity contribution in [2.24, 2.45) is 0 Å². The van der Waals surface area contributed by atoms with E-state index in [0.29, 0.717) is 25.0 Å². The van der Waals surface area contributed by atoms with Gasteiger partial charge in [-0.1, -0.05) is 30.3 Å². The number of hydrogen-bond acceptors (Lipinski definition) is 4. The fraction of sp³-hybridized carbons (Fsp3) is 0.190. The summed E-state index contributed by atoms with van der Waals surface area (Å²) < 4.78 is 6.94. The summed E-state index contributed by atoms with van der Waals surface area (Å²) in [5.41, 5.74) is 1.78. The molecule has 3 rings (SSSR count). The molecule has 2 N–H and O–H groups in total. The minimum absolute atomic E-state index is 0.166. The van der Waals surface area contributed by atoms with Gasteiger partial charge in [0, 0.05) is 19.3 Å². The van der Waals surface area contributed by atoms with Gasteiger partial charge in [0.15, 0.2) is 5.69 Å². The van der Waals surface area contributed by atoms with Crippen LogP contribution in [-0.2, 0) is 6.42 Å². The first kappa shape index (κ1) is 19.2. The van der Waals surface area contributed by atoms with Gasteiger partial charge in [-0.2, -0.15) is 0 Å². The molecule has 7 heteroatoms. The number of nitrogens with zero attached hydrogens (tertiary/aromatic N) is 2. The van der Waals surface area contributed by atoms with Crippen molar-refractivity contribution in [3.63, 3.8) is 0 Å².